The second-order valence-electron chi connectivity index (χ2n) is 6.34. The molecule has 0 amide bonds. The van der Waals surface area contributed by atoms with Gasteiger partial charge in [0, 0.05) is 32.6 Å². The van der Waals surface area contributed by atoms with Crippen molar-refractivity contribution in [1.82, 2.24) is 0 Å². The molecule has 1 nitrogen and oxygen atoms in total. The van der Waals surface area contributed by atoms with Crippen molar-refractivity contribution in [2.45, 2.75) is 53.5 Å². The molecule has 102 valence electrons. The lowest BCUT2D eigenvalue weighted by Gasteiger charge is -2.21. The standard InChI is InChI=1S/C17H23NS/c1-8(2)14-11(5)18-13-7-9(3)17-15(16(13)14)10(4)12(6)19-17/h7-8,11,14,18H,1-6H3. The van der Waals surface area contributed by atoms with E-state index in [4.69, 9.17) is 0 Å². The molecule has 0 radical (unpaired) electrons. The molecule has 0 bridgehead atoms. The predicted molar refractivity (Wildman–Crippen MR) is 86.7 cm³/mol. The van der Waals surface area contributed by atoms with Crippen LogP contribution in [0.3, 0.4) is 0 Å². The third kappa shape index (κ3) is 1.73. The van der Waals surface area contributed by atoms with Crippen molar-refractivity contribution in [3.8, 4) is 0 Å². The second-order valence-corrected chi connectivity index (χ2v) is 7.57. The highest BCUT2D eigenvalue weighted by atomic mass is 32.1. The highest BCUT2D eigenvalue weighted by Gasteiger charge is 2.34. The van der Waals surface area contributed by atoms with Crippen molar-refractivity contribution >= 4 is 27.1 Å². The lowest BCUT2D eigenvalue weighted by atomic mass is 9.83. The van der Waals surface area contributed by atoms with Crippen molar-refractivity contribution in [2.75, 3.05) is 5.32 Å². The van der Waals surface area contributed by atoms with Gasteiger partial charge in [-0.15, -0.1) is 11.3 Å². The first-order valence-corrected chi connectivity index (χ1v) is 8.03. The largest absolute Gasteiger partial charge is 0.382 e. The number of nitrogens with one attached hydrogen (secondary N) is 1. The second kappa shape index (κ2) is 4.24. The molecular weight excluding hydrogens is 250 g/mol. The highest BCUT2D eigenvalue weighted by molar-refractivity contribution is 7.19. The number of hydrogen-bond acceptors (Lipinski definition) is 2. The zero-order valence-electron chi connectivity index (χ0n) is 12.7. The van der Waals surface area contributed by atoms with Gasteiger partial charge in [0.2, 0.25) is 0 Å². The lowest BCUT2D eigenvalue weighted by Crippen LogP contribution is -2.20. The van der Waals surface area contributed by atoms with Crippen LogP contribution in [0.2, 0.25) is 0 Å². The van der Waals surface area contributed by atoms with Crippen LogP contribution < -0.4 is 5.32 Å². The van der Waals surface area contributed by atoms with Gasteiger partial charge in [0.15, 0.2) is 0 Å². The monoisotopic (exact) mass is 273 g/mol. The van der Waals surface area contributed by atoms with Crippen molar-refractivity contribution in [2.24, 2.45) is 5.92 Å². The summed E-state index contributed by atoms with van der Waals surface area (Å²) in [7, 11) is 0. The summed E-state index contributed by atoms with van der Waals surface area (Å²) >= 11 is 1.96. The molecule has 1 aromatic carbocycles. The molecule has 3 rings (SSSR count). The van der Waals surface area contributed by atoms with Crippen molar-refractivity contribution in [1.29, 1.82) is 0 Å². The van der Waals surface area contributed by atoms with E-state index in [1.807, 2.05) is 11.3 Å². The fraction of sp³-hybridized carbons (Fsp3) is 0.529. The number of benzene rings is 1. The van der Waals surface area contributed by atoms with Gasteiger partial charge in [-0.05, 0) is 56.4 Å². The first-order valence-electron chi connectivity index (χ1n) is 7.21. The summed E-state index contributed by atoms with van der Waals surface area (Å²) in [4.78, 5) is 1.47. The normalized spacial score (nSPS) is 22.1. The van der Waals surface area contributed by atoms with E-state index >= 15 is 0 Å². The number of fused-ring (bicyclic) bond motifs is 3. The Morgan fingerprint density at radius 1 is 1.21 bits per heavy atom. The predicted octanol–water partition coefficient (Wildman–Crippen LogP) is 5.38. The van der Waals surface area contributed by atoms with E-state index < -0.39 is 0 Å². The topological polar surface area (TPSA) is 12.0 Å². The fourth-order valence-corrected chi connectivity index (χ4v) is 4.83. The Morgan fingerprint density at radius 3 is 2.53 bits per heavy atom. The number of anilines is 1. The number of thiophene rings is 1. The van der Waals surface area contributed by atoms with E-state index in [2.05, 4.69) is 52.9 Å². The van der Waals surface area contributed by atoms with Crippen molar-refractivity contribution in [3.63, 3.8) is 0 Å². The van der Waals surface area contributed by atoms with Gasteiger partial charge in [0.25, 0.3) is 0 Å². The molecule has 0 fully saturated rings. The first kappa shape index (κ1) is 13.0. The fourth-order valence-electron chi connectivity index (χ4n) is 3.68. The maximum atomic E-state index is 3.70. The molecule has 1 aromatic heterocycles. The Morgan fingerprint density at radius 2 is 1.89 bits per heavy atom. The summed E-state index contributed by atoms with van der Waals surface area (Å²) < 4.78 is 1.50. The SMILES string of the molecule is Cc1sc2c(C)cc3c(c2c1C)C(C(C)C)C(C)N3. The first-order chi connectivity index (χ1) is 8.91. The third-order valence-electron chi connectivity index (χ3n) is 4.64. The zero-order valence-corrected chi connectivity index (χ0v) is 13.5. The molecular formula is C17H23NS. The quantitative estimate of drug-likeness (QED) is 0.735. The van der Waals surface area contributed by atoms with E-state index in [-0.39, 0.29) is 0 Å². The van der Waals surface area contributed by atoms with Crippen LogP contribution in [-0.4, -0.2) is 6.04 Å². The molecule has 2 atom stereocenters. The van der Waals surface area contributed by atoms with Crippen LogP contribution in [0.4, 0.5) is 5.69 Å². The summed E-state index contributed by atoms with van der Waals surface area (Å²) in [5, 5.41) is 5.24. The average molecular weight is 273 g/mol. The minimum absolute atomic E-state index is 0.541. The summed E-state index contributed by atoms with van der Waals surface area (Å²) in [6.07, 6.45) is 0. The number of rotatable bonds is 1. The molecule has 2 heterocycles. The Kier molecular flexibility index (Phi) is 2.90. The third-order valence-corrected chi connectivity index (χ3v) is 5.98. The van der Waals surface area contributed by atoms with Crippen LogP contribution in [-0.2, 0) is 0 Å². The molecule has 0 spiro atoms. The van der Waals surface area contributed by atoms with Gasteiger partial charge in [-0.3, -0.25) is 0 Å². The van der Waals surface area contributed by atoms with Crippen LogP contribution >= 0.6 is 11.3 Å². The Balaban J connectivity index is 2.39. The van der Waals surface area contributed by atoms with Gasteiger partial charge in [0.1, 0.15) is 0 Å². The minimum Gasteiger partial charge on any atom is -0.382 e. The van der Waals surface area contributed by atoms with Crippen LogP contribution in [0.1, 0.15) is 48.3 Å². The van der Waals surface area contributed by atoms with E-state index in [0.29, 0.717) is 17.9 Å². The molecule has 2 heteroatoms. The molecule has 19 heavy (non-hydrogen) atoms. The molecule has 1 N–H and O–H groups in total. The van der Waals surface area contributed by atoms with E-state index in [0.717, 1.165) is 0 Å². The smallest absolute Gasteiger partial charge is 0.0388 e. The summed E-state index contributed by atoms with van der Waals surface area (Å²) in [5.41, 5.74) is 5.85. The van der Waals surface area contributed by atoms with Crippen LogP contribution in [0, 0.1) is 26.7 Å². The van der Waals surface area contributed by atoms with Crippen molar-refractivity contribution < 1.29 is 0 Å². The molecule has 0 saturated carbocycles. The summed E-state index contributed by atoms with van der Waals surface area (Å²) in [6.45, 7) is 13.8. The summed E-state index contributed by atoms with van der Waals surface area (Å²) in [6, 6.07) is 2.89. The summed E-state index contributed by atoms with van der Waals surface area (Å²) in [5.74, 6) is 1.31. The Hall–Kier alpha value is -1.02. The van der Waals surface area contributed by atoms with Crippen LogP contribution in [0.5, 0.6) is 0 Å². The molecule has 1 aliphatic heterocycles. The molecule has 2 aromatic rings. The van der Waals surface area contributed by atoms with Gasteiger partial charge in [-0.2, -0.15) is 0 Å². The van der Waals surface area contributed by atoms with Gasteiger partial charge >= 0.3 is 0 Å². The Bertz CT molecular complexity index is 651. The van der Waals surface area contributed by atoms with Gasteiger partial charge in [-0.25, -0.2) is 0 Å². The van der Waals surface area contributed by atoms with Crippen molar-refractivity contribution in [3.05, 3.63) is 27.6 Å². The number of hydrogen-bond donors (Lipinski definition) is 1. The van der Waals surface area contributed by atoms with Gasteiger partial charge in [0.05, 0.1) is 0 Å². The minimum atomic E-state index is 0.541. The van der Waals surface area contributed by atoms with Gasteiger partial charge in [-0.1, -0.05) is 13.8 Å². The maximum Gasteiger partial charge on any atom is 0.0388 e. The molecule has 2 unspecified atom stereocenters. The van der Waals surface area contributed by atoms with E-state index in [1.165, 1.54) is 31.8 Å². The van der Waals surface area contributed by atoms with Gasteiger partial charge < -0.3 is 5.32 Å². The molecule has 0 aliphatic carbocycles. The van der Waals surface area contributed by atoms with Crippen LogP contribution in [0.25, 0.3) is 10.1 Å². The lowest BCUT2D eigenvalue weighted by molar-refractivity contribution is 0.474. The van der Waals surface area contributed by atoms with E-state index in [1.54, 1.807) is 5.56 Å². The molecule has 0 saturated heterocycles. The zero-order chi connectivity index (χ0) is 13.9. The molecule has 1 aliphatic rings. The number of aryl methyl sites for hydroxylation is 3. The average Bonchev–Trinajstić information content (AvgIpc) is 2.78. The Labute approximate surface area is 120 Å². The van der Waals surface area contributed by atoms with Crippen LogP contribution in [0.15, 0.2) is 6.07 Å². The highest BCUT2D eigenvalue weighted by Crippen LogP contribution is 2.48. The maximum absolute atomic E-state index is 3.70. The van der Waals surface area contributed by atoms with E-state index in [9.17, 15) is 0 Å².